The van der Waals surface area contributed by atoms with Gasteiger partial charge in [0.15, 0.2) is 6.61 Å². The van der Waals surface area contributed by atoms with Crippen molar-refractivity contribution in [3.63, 3.8) is 0 Å². The molecule has 0 unspecified atom stereocenters. The Labute approximate surface area is 148 Å². The molecule has 0 radical (unpaired) electrons. The fourth-order valence-electron chi connectivity index (χ4n) is 2.96. The maximum atomic E-state index is 5.82. The molecule has 0 saturated heterocycles. The predicted octanol–water partition coefficient (Wildman–Crippen LogP) is 4.11. The van der Waals surface area contributed by atoms with E-state index in [1.807, 2.05) is 18.2 Å². The Morgan fingerprint density at radius 3 is 2.56 bits per heavy atom. The highest BCUT2D eigenvalue weighted by molar-refractivity contribution is 5.89. The third-order valence-corrected chi connectivity index (χ3v) is 4.47. The summed E-state index contributed by atoms with van der Waals surface area (Å²) in [6, 6.07) is 10.2. The van der Waals surface area contributed by atoms with E-state index >= 15 is 0 Å². The van der Waals surface area contributed by atoms with Gasteiger partial charge in [0.1, 0.15) is 11.3 Å². The first kappa shape index (κ1) is 16.9. The van der Waals surface area contributed by atoms with E-state index in [-0.39, 0.29) is 0 Å². The van der Waals surface area contributed by atoms with Crippen LogP contribution < -0.4 is 9.47 Å². The fraction of sp³-hybridized carbons (Fsp3) is 0.286. The third kappa shape index (κ3) is 3.32. The Bertz CT molecular complexity index is 944. The lowest BCUT2D eigenvalue weighted by Crippen LogP contribution is -2.05. The second-order valence-corrected chi connectivity index (χ2v) is 5.87. The molecule has 0 spiro atoms. The fourth-order valence-corrected chi connectivity index (χ4v) is 2.96. The molecule has 4 heteroatoms. The molecule has 3 aromatic rings. The molecular weight excluding hydrogens is 312 g/mol. The van der Waals surface area contributed by atoms with Gasteiger partial charge < -0.3 is 14.0 Å². The monoisotopic (exact) mass is 334 g/mol. The third-order valence-electron chi connectivity index (χ3n) is 4.47. The summed E-state index contributed by atoms with van der Waals surface area (Å²) in [5, 5.41) is 1.17. The number of fused-ring (bicyclic) bond motifs is 1. The number of aromatic nitrogens is 2. The highest BCUT2D eigenvalue weighted by atomic mass is 16.5. The lowest BCUT2D eigenvalue weighted by atomic mass is 10.2. The molecule has 0 atom stereocenters. The van der Waals surface area contributed by atoms with Crippen LogP contribution in [-0.2, 0) is 6.54 Å². The van der Waals surface area contributed by atoms with Crippen LogP contribution in [0.5, 0.6) is 11.6 Å². The van der Waals surface area contributed by atoms with Gasteiger partial charge in [-0.2, -0.15) is 0 Å². The smallest absolute Gasteiger partial charge is 0.239 e. The summed E-state index contributed by atoms with van der Waals surface area (Å²) in [5.74, 6) is 7.26. The average molecular weight is 334 g/mol. The van der Waals surface area contributed by atoms with Crippen LogP contribution >= 0.6 is 0 Å². The van der Waals surface area contributed by atoms with Crippen molar-refractivity contribution in [2.24, 2.45) is 0 Å². The molecule has 0 aliphatic carbocycles. The van der Waals surface area contributed by atoms with Crippen molar-refractivity contribution in [2.75, 3.05) is 13.7 Å². The van der Waals surface area contributed by atoms with E-state index in [0.29, 0.717) is 12.5 Å². The van der Waals surface area contributed by atoms with Crippen LogP contribution in [0.2, 0.25) is 0 Å². The summed E-state index contributed by atoms with van der Waals surface area (Å²) in [7, 11) is 1.68. The van der Waals surface area contributed by atoms with Crippen molar-refractivity contribution in [3.05, 3.63) is 53.3 Å². The standard InChI is InChI=1S/C21H22N2O2/c1-5-6-13-25-21-20-19(11-12-22-21)15(2)16(3)23(20)14-17-7-9-18(24-4)10-8-17/h7-12H,13-14H2,1-4H3. The van der Waals surface area contributed by atoms with Gasteiger partial charge >= 0.3 is 0 Å². The van der Waals surface area contributed by atoms with E-state index in [1.54, 1.807) is 20.2 Å². The zero-order chi connectivity index (χ0) is 17.8. The Morgan fingerprint density at radius 1 is 1.12 bits per heavy atom. The number of ether oxygens (including phenoxy) is 2. The Balaban J connectivity index is 2.05. The zero-order valence-corrected chi connectivity index (χ0v) is 15.1. The number of hydrogen-bond acceptors (Lipinski definition) is 3. The van der Waals surface area contributed by atoms with Crippen LogP contribution in [0.4, 0.5) is 0 Å². The van der Waals surface area contributed by atoms with Crippen LogP contribution in [0, 0.1) is 25.7 Å². The first-order valence-electron chi connectivity index (χ1n) is 8.25. The van der Waals surface area contributed by atoms with Gasteiger partial charge in [0, 0.05) is 23.8 Å². The van der Waals surface area contributed by atoms with Gasteiger partial charge in [-0.1, -0.05) is 18.1 Å². The average Bonchev–Trinajstić information content (AvgIpc) is 2.88. The number of rotatable bonds is 5. The zero-order valence-electron chi connectivity index (χ0n) is 15.1. The van der Waals surface area contributed by atoms with Crippen molar-refractivity contribution < 1.29 is 9.47 Å². The van der Waals surface area contributed by atoms with Gasteiger partial charge in [0.05, 0.1) is 7.11 Å². The number of hydrogen-bond donors (Lipinski definition) is 0. The predicted molar refractivity (Wildman–Crippen MR) is 100 cm³/mol. The molecule has 0 amide bonds. The minimum atomic E-state index is 0.342. The molecule has 0 aliphatic heterocycles. The topological polar surface area (TPSA) is 36.3 Å². The van der Waals surface area contributed by atoms with Crippen LogP contribution in [-0.4, -0.2) is 23.3 Å². The van der Waals surface area contributed by atoms with Gasteiger partial charge in [-0.25, -0.2) is 4.98 Å². The molecule has 1 aromatic carbocycles. The van der Waals surface area contributed by atoms with Gasteiger partial charge in [0.25, 0.3) is 0 Å². The molecule has 4 nitrogen and oxygen atoms in total. The highest BCUT2D eigenvalue weighted by Gasteiger charge is 2.16. The molecule has 25 heavy (non-hydrogen) atoms. The summed E-state index contributed by atoms with van der Waals surface area (Å²) in [6.45, 7) is 7.17. The minimum absolute atomic E-state index is 0.342. The van der Waals surface area contributed by atoms with Crippen LogP contribution in [0.25, 0.3) is 10.9 Å². The highest BCUT2D eigenvalue weighted by Crippen LogP contribution is 2.31. The SMILES string of the molecule is CC#CCOc1nccc2c(C)c(C)n(Cc3ccc(OC)cc3)c12. The van der Waals surface area contributed by atoms with Gasteiger partial charge in [-0.3, -0.25) is 0 Å². The van der Waals surface area contributed by atoms with Gasteiger partial charge in [-0.05, 0) is 50.1 Å². The quantitative estimate of drug-likeness (QED) is 0.659. The number of methoxy groups -OCH3 is 1. The first-order valence-corrected chi connectivity index (χ1v) is 8.25. The number of pyridine rings is 1. The molecule has 3 rings (SSSR count). The molecule has 2 heterocycles. The second-order valence-electron chi connectivity index (χ2n) is 5.87. The molecule has 2 aromatic heterocycles. The Hall–Kier alpha value is -2.93. The molecule has 0 saturated carbocycles. The molecule has 128 valence electrons. The van der Waals surface area contributed by atoms with Crippen LogP contribution in [0.15, 0.2) is 36.5 Å². The van der Waals surface area contributed by atoms with E-state index < -0.39 is 0 Å². The summed E-state index contributed by atoms with van der Waals surface area (Å²) in [5.41, 5.74) is 4.68. The maximum absolute atomic E-state index is 5.82. The lowest BCUT2D eigenvalue weighted by molar-refractivity contribution is 0.358. The van der Waals surface area contributed by atoms with Gasteiger partial charge in [-0.15, -0.1) is 5.92 Å². The van der Waals surface area contributed by atoms with Crippen molar-refractivity contribution >= 4 is 10.9 Å². The minimum Gasteiger partial charge on any atom is -0.497 e. The van der Waals surface area contributed by atoms with Crippen molar-refractivity contribution in [1.29, 1.82) is 0 Å². The van der Waals surface area contributed by atoms with Gasteiger partial charge in [0.2, 0.25) is 5.88 Å². The van der Waals surface area contributed by atoms with Crippen LogP contribution in [0.1, 0.15) is 23.7 Å². The van der Waals surface area contributed by atoms with E-state index in [1.165, 1.54) is 22.2 Å². The summed E-state index contributed by atoms with van der Waals surface area (Å²) in [6.07, 6.45) is 1.79. The first-order chi connectivity index (χ1) is 12.2. The van der Waals surface area contributed by atoms with E-state index in [0.717, 1.165) is 17.8 Å². The Morgan fingerprint density at radius 2 is 1.88 bits per heavy atom. The summed E-state index contributed by atoms with van der Waals surface area (Å²) < 4.78 is 13.3. The molecule has 0 aliphatic rings. The van der Waals surface area contributed by atoms with Crippen LogP contribution in [0.3, 0.4) is 0 Å². The van der Waals surface area contributed by atoms with E-state index in [4.69, 9.17) is 9.47 Å². The summed E-state index contributed by atoms with van der Waals surface area (Å²) in [4.78, 5) is 4.43. The van der Waals surface area contributed by atoms with E-state index in [9.17, 15) is 0 Å². The van der Waals surface area contributed by atoms with Crippen molar-refractivity contribution in [1.82, 2.24) is 9.55 Å². The van der Waals surface area contributed by atoms with Crippen molar-refractivity contribution in [3.8, 4) is 23.5 Å². The van der Waals surface area contributed by atoms with Crippen molar-refractivity contribution in [2.45, 2.75) is 27.3 Å². The maximum Gasteiger partial charge on any atom is 0.239 e. The molecule has 0 bridgehead atoms. The lowest BCUT2D eigenvalue weighted by Gasteiger charge is -2.11. The number of aryl methyl sites for hydroxylation is 1. The molecule has 0 fully saturated rings. The molecule has 0 N–H and O–H groups in total. The normalized spacial score (nSPS) is 10.4. The Kier molecular flexibility index (Phi) is 4.95. The van der Waals surface area contributed by atoms with E-state index in [2.05, 4.69) is 47.4 Å². The largest absolute Gasteiger partial charge is 0.497 e. The summed E-state index contributed by atoms with van der Waals surface area (Å²) >= 11 is 0. The molecular formula is C21H22N2O2. The number of nitrogens with zero attached hydrogens (tertiary/aromatic N) is 2. The number of benzene rings is 1. The second kappa shape index (κ2) is 7.31.